The normalized spacial score (nSPS) is 11.0. The predicted molar refractivity (Wildman–Crippen MR) is 55.6 cm³/mol. The van der Waals surface area contributed by atoms with E-state index in [4.69, 9.17) is 4.74 Å². The largest absolute Gasteiger partial charge is 0.377 e. The number of nitrogens with zero attached hydrogens (tertiary/aromatic N) is 1. The standard InChI is InChI=1S/C8H19NO.C2H6/c1-6-9(4)7-8(2,3)10-5;1-2/h6-7H2,1-5H3;1-2H3. The minimum atomic E-state index is -0.00917. The highest BCUT2D eigenvalue weighted by molar-refractivity contribution is 4.71. The molecular formula is C10H25NO. The summed E-state index contributed by atoms with van der Waals surface area (Å²) in [6, 6.07) is 0. The Morgan fingerprint density at radius 3 is 1.92 bits per heavy atom. The molecule has 0 aliphatic carbocycles. The van der Waals surface area contributed by atoms with Gasteiger partial charge in [0.15, 0.2) is 0 Å². The monoisotopic (exact) mass is 175 g/mol. The van der Waals surface area contributed by atoms with Crippen LogP contribution in [0, 0.1) is 0 Å². The number of hydrogen-bond donors (Lipinski definition) is 0. The van der Waals surface area contributed by atoms with E-state index in [0.29, 0.717) is 0 Å². The van der Waals surface area contributed by atoms with Crippen molar-refractivity contribution in [3.8, 4) is 0 Å². The van der Waals surface area contributed by atoms with Gasteiger partial charge < -0.3 is 9.64 Å². The van der Waals surface area contributed by atoms with Crippen LogP contribution in [0.15, 0.2) is 0 Å². The molecule has 2 nitrogen and oxygen atoms in total. The van der Waals surface area contributed by atoms with Crippen molar-refractivity contribution in [2.45, 2.75) is 40.2 Å². The van der Waals surface area contributed by atoms with Crippen molar-refractivity contribution in [2.24, 2.45) is 0 Å². The topological polar surface area (TPSA) is 12.5 Å². The molecule has 0 aliphatic heterocycles. The molecule has 0 radical (unpaired) electrons. The fourth-order valence-electron chi connectivity index (χ4n) is 0.826. The van der Waals surface area contributed by atoms with Crippen LogP contribution in [0.1, 0.15) is 34.6 Å². The van der Waals surface area contributed by atoms with Crippen LogP contribution < -0.4 is 0 Å². The van der Waals surface area contributed by atoms with E-state index in [1.54, 1.807) is 7.11 Å². The summed E-state index contributed by atoms with van der Waals surface area (Å²) in [6.45, 7) is 12.4. The highest BCUT2D eigenvalue weighted by Crippen LogP contribution is 2.07. The van der Waals surface area contributed by atoms with Gasteiger partial charge in [0, 0.05) is 13.7 Å². The van der Waals surface area contributed by atoms with Crippen LogP contribution in [-0.4, -0.2) is 37.7 Å². The Hall–Kier alpha value is -0.0800. The van der Waals surface area contributed by atoms with Crippen LogP contribution >= 0.6 is 0 Å². The van der Waals surface area contributed by atoms with Crippen molar-refractivity contribution in [2.75, 3.05) is 27.2 Å². The third kappa shape index (κ3) is 8.02. The Balaban J connectivity index is 0. The Morgan fingerprint density at radius 1 is 1.25 bits per heavy atom. The van der Waals surface area contributed by atoms with Gasteiger partial charge in [-0.3, -0.25) is 0 Å². The molecule has 0 N–H and O–H groups in total. The molecule has 0 unspecified atom stereocenters. The van der Waals surface area contributed by atoms with Crippen LogP contribution in [0.25, 0.3) is 0 Å². The maximum Gasteiger partial charge on any atom is 0.0748 e. The van der Waals surface area contributed by atoms with Crippen LogP contribution in [0.2, 0.25) is 0 Å². The van der Waals surface area contributed by atoms with Gasteiger partial charge in [0.05, 0.1) is 5.60 Å². The molecule has 0 heterocycles. The SMILES string of the molecule is CC.CCN(C)CC(C)(C)OC. The second-order valence-electron chi connectivity index (χ2n) is 3.29. The maximum atomic E-state index is 5.27. The zero-order valence-electron chi connectivity index (χ0n) is 9.77. The fraction of sp³-hybridized carbons (Fsp3) is 1.00. The summed E-state index contributed by atoms with van der Waals surface area (Å²) in [5.74, 6) is 0. The van der Waals surface area contributed by atoms with Gasteiger partial charge in [-0.1, -0.05) is 20.8 Å². The van der Waals surface area contributed by atoms with Gasteiger partial charge in [0.1, 0.15) is 0 Å². The lowest BCUT2D eigenvalue weighted by molar-refractivity contribution is -0.000923. The molecule has 0 fully saturated rings. The molecule has 76 valence electrons. The van der Waals surface area contributed by atoms with Gasteiger partial charge in [0.25, 0.3) is 0 Å². The quantitative estimate of drug-likeness (QED) is 0.650. The average molecular weight is 175 g/mol. The van der Waals surface area contributed by atoms with E-state index < -0.39 is 0 Å². The first-order valence-corrected chi connectivity index (χ1v) is 4.75. The molecule has 0 saturated carbocycles. The molecule has 0 spiro atoms. The first-order chi connectivity index (χ1) is 5.52. The number of methoxy groups -OCH3 is 1. The summed E-state index contributed by atoms with van der Waals surface area (Å²) >= 11 is 0. The minimum Gasteiger partial charge on any atom is -0.377 e. The van der Waals surface area contributed by atoms with E-state index in [1.165, 1.54) is 0 Å². The Kier molecular flexibility index (Phi) is 9.10. The third-order valence-corrected chi connectivity index (χ3v) is 1.74. The molecule has 2 heteroatoms. The van der Waals surface area contributed by atoms with E-state index in [0.717, 1.165) is 13.1 Å². The lowest BCUT2D eigenvalue weighted by Gasteiger charge is -2.28. The van der Waals surface area contributed by atoms with Gasteiger partial charge in [-0.05, 0) is 27.4 Å². The maximum absolute atomic E-state index is 5.27. The number of ether oxygens (including phenoxy) is 1. The fourth-order valence-corrected chi connectivity index (χ4v) is 0.826. The smallest absolute Gasteiger partial charge is 0.0748 e. The highest BCUT2D eigenvalue weighted by Gasteiger charge is 2.17. The van der Waals surface area contributed by atoms with E-state index in [1.807, 2.05) is 13.8 Å². The molecule has 0 aliphatic rings. The average Bonchev–Trinajstić information content (AvgIpc) is 2.07. The second-order valence-corrected chi connectivity index (χ2v) is 3.29. The summed E-state index contributed by atoms with van der Waals surface area (Å²) in [6.07, 6.45) is 0. The number of rotatable bonds is 4. The zero-order valence-corrected chi connectivity index (χ0v) is 9.77. The minimum absolute atomic E-state index is 0.00917. The van der Waals surface area contributed by atoms with Crippen molar-refractivity contribution in [3.05, 3.63) is 0 Å². The van der Waals surface area contributed by atoms with E-state index in [9.17, 15) is 0 Å². The van der Waals surface area contributed by atoms with Crippen LogP contribution in [0.4, 0.5) is 0 Å². The Bertz CT molecular complexity index is 91.8. The van der Waals surface area contributed by atoms with Crippen molar-refractivity contribution in [1.29, 1.82) is 0 Å². The molecule has 0 rings (SSSR count). The molecule has 0 atom stereocenters. The first-order valence-electron chi connectivity index (χ1n) is 4.75. The van der Waals surface area contributed by atoms with Gasteiger partial charge >= 0.3 is 0 Å². The van der Waals surface area contributed by atoms with Crippen LogP contribution in [-0.2, 0) is 4.74 Å². The van der Waals surface area contributed by atoms with E-state index >= 15 is 0 Å². The summed E-state index contributed by atoms with van der Waals surface area (Å²) in [5.41, 5.74) is -0.00917. The summed E-state index contributed by atoms with van der Waals surface area (Å²) in [4.78, 5) is 2.24. The van der Waals surface area contributed by atoms with E-state index in [2.05, 4.69) is 32.7 Å². The van der Waals surface area contributed by atoms with E-state index in [-0.39, 0.29) is 5.60 Å². The van der Waals surface area contributed by atoms with Crippen LogP contribution in [0.3, 0.4) is 0 Å². The molecule has 0 amide bonds. The van der Waals surface area contributed by atoms with Crippen molar-refractivity contribution in [3.63, 3.8) is 0 Å². The first kappa shape index (κ1) is 14.4. The molecule has 0 saturated heterocycles. The van der Waals surface area contributed by atoms with Gasteiger partial charge in [-0.25, -0.2) is 0 Å². The van der Waals surface area contributed by atoms with Crippen molar-refractivity contribution >= 4 is 0 Å². The van der Waals surface area contributed by atoms with Crippen molar-refractivity contribution < 1.29 is 4.74 Å². The Labute approximate surface area is 77.9 Å². The third-order valence-electron chi connectivity index (χ3n) is 1.74. The Morgan fingerprint density at radius 2 is 1.67 bits per heavy atom. The van der Waals surface area contributed by atoms with Crippen LogP contribution in [0.5, 0.6) is 0 Å². The van der Waals surface area contributed by atoms with Gasteiger partial charge in [-0.2, -0.15) is 0 Å². The zero-order chi connectivity index (χ0) is 10.2. The molecule has 0 aromatic carbocycles. The number of hydrogen-bond acceptors (Lipinski definition) is 2. The molecule has 0 aromatic rings. The summed E-state index contributed by atoms with van der Waals surface area (Å²) < 4.78 is 5.27. The second kappa shape index (κ2) is 7.56. The lowest BCUT2D eigenvalue weighted by atomic mass is 10.1. The summed E-state index contributed by atoms with van der Waals surface area (Å²) in [5, 5.41) is 0. The highest BCUT2D eigenvalue weighted by atomic mass is 16.5. The molecule has 12 heavy (non-hydrogen) atoms. The predicted octanol–water partition coefficient (Wildman–Crippen LogP) is 2.39. The number of likely N-dealkylation sites (N-methyl/N-ethyl adjacent to an activating group) is 1. The van der Waals surface area contributed by atoms with Crippen molar-refractivity contribution in [1.82, 2.24) is 4.90 Å². The van der Waals surface area contributed by atoms with Gasteiger partial charge in [0.2, 0.25) is 0 Å². The molecule has 0 bridgehead atoms. The molecule has 0 aromatic heterocycles. The van der Waals surface area contributed by atoms with Gasteiger partial charge in [-0.15, -0.1) is 0 Å². The lowest BCUT2D eigenvalue weighted by Crippen LogP contribution is -2.37. The molecular weight excluding hydrogens is 150 g/mol. The summed E-state index contributed by atoms with van der Waals surface area (Å²) in [7, 11) is 3.85.